The number of nitrogens with one attached hydrogen (secondary N) is 2. The van der Waals surface area contributed by atoms with Crippen molar-refractivity contribution in [2.75, 3.05) is 39.7 Å². The molecule has 0 saturated carbocycles. The minimum Gasteiger partial charge on any atom is -0.377 e. The number of halogens is 1. The molecular formula is C16H27FN4O. The van der Waals surface area contributed by atoms with Crippen molar-refractivity contribution >= 4 is 11.6 Å². The average Bonchev–Trinajstić information content (AvgIpc) is 2.47. The highest BCUT2D eigenvalue weighted by molar-refractivity contribution is 5.79. The Kier molecular flexibility index (Phi) is 6.61. The number of guanidine groups is 1. The molecule has 2 N–H and O–H groups in total. The van der Waals surface area contributed by atoms with Gasteiger partial charge in [0.25, 0.3) is 0 Å². The summed E-state index contributed by atoms with van der Waals surface area (Å²) in [5.74, 6) is 0.426. The van der Waals surface area contributed by atoms with Gasteiger partial charge in [0.05, 0.1) is 11.3 Å². The van der Waals surface area contributed by atoms with Gasteiger partial charge in [0.1, 0.15) is 5.82 Å². The van der Waals surface area contributed by atoms with Crippen LogP contribution in [0.1, 0.15) is 19.4 Å². The Morgan fingerprint density at radius 1 is 1.32 bits per heavy atom. The maximum atomic E-state index is 13.9. The average molecular weight is 310 g/mol. The van der Waals surface area contributed by atoms with E-state index in [1.807, 2.05) is 34.0 Å². The molecule has 5 nitrogen and oxygen atoms in total. The first-order chi connectivity index (χ1) is 10.3. The monoisotopic (exact) mass is 310 g/mol. The van der Waals surface area contributed by atoms with Crippen LogP contribution < -0.4 is 15.5 Å². The van der Waals surface area contributed by atoms with E-state index in [0.717, 1.165) is 5.56 Å². The van der Waals surface area contributed by atoms with E-state index in [1.54, 1.807) is 25.1 Å². The summed E-state index contributed by atoms with van der Waals surface area (Å²) in [6.07, 6.45) is 0. The number of aliphatic imine (C=N–C) groups is 1. The summed E-state index contributed by atoms with van der Waals surface area (Å²) in [5, 5.41) is 6.35. The van der Waals surface area contributed by atoms with Crippen molar-refractivity contribution in [1.29, 1.82) is 0 Å². The maximum absolute atomic E-state index is 13.9. The number of anilines is 1. The van der Waals surface area contributed by atoms with Crippen LogP contribution in [0.4, 0.5) is 10.1 Å². The first-order valence-corrected chi connectivity index (χ1v) is 7.24. The molecule has 124 valence electrons. The molecule has 0 unspecified atom stereocenters. The number of hydrogen-bond acceptors (Lipinski definition) is 3. The smallest absolute Gasteiger partial charge is 0.191 e. The molecule has 0 aliphatic rings. The molecule has 0 aliphatic heterocycles. The van der Waals surface area contributed by atoms with Gasteiger partial charge in [-0.25, -0.2) is 4.39 Å². The highest BCUT2D eigenvalue weighted by Crippen LogP contribution is 2.18. The molecule has 0 atom stereocenters. The highest BCUT2D eigenvalue weighted by Gasteiger charge is 2.16. The van der Waals surface area contributed by atoms with Gasteiger partial charge in [-0.3, -0.25) is 4.99 Å². The second-order valence-corrected chi connectivity index (χ2v) is 5.92. The van der Waals surface area contributed by atoms with E-state index >= 15 is 0 Å². The number of hydrogen-bond donors (Lipinski definition) is 2. The first-order valence-electron chi connectivity index (χ1n) is 7.24. The highest BCUT2D eigenvalue weighted by atomic mass is 19.1. The maximum Gasteiger partial charge on any atom is 0.191 e. The lowest BCUT2D eigenvalue weighted by Crippen LogP contribution is -2.45. The van der Waals surface area contributed by atoms with Crippen LogP contribution in [-0.2, 0) is 11.3 Å². The zero-order valence-electron chi connectivity index (χ0n) is 14.3. The Balaban J connectivity index is 2.59. The molecule has 0 aromatic heterocycles. The van der Waals surface area contributed by atoms with Crippen LogP contribution in [-0.4, -0.2) is 46.4 Å². The van der Waals surface area contributed by atoms with Crippen molar-refractivity contribution in [3.63, 3.8) is 0 Å². The lowest BCUT2D eigenvalue weighted by atomic mass is 10.1. The Morgan fingerprint density at radius 2 is 2.00 bits per heavy atom. The lowest BCUT2D eigenvalue weighted by Gasteiger charge is -2.24. The summed E-state index contributed by atoms with van der Waals surface area (Å²) in [5.41, 5.74) is 1.15. The predicted octanol–water partition coefficient (Wildman–Crippen LogP) is 1.98. The Labute approximate surface area is 132 Å². The Hall–Kier alpha value is -1.82. The zero-order chi connectivity index (χ0) is 16.8. The summed E-state index contributed by atoms with van der Waals surface area (Å²) < 4.78 is 19.3. The number of methoxy groups -OCH3 is 1. The molecule has 1 rings (SSSR count). The molecule has 0 heterocycles. The van der Waals surface area contributed by atoms with Crippen LogP contribution in [0.3, 0.4) is 0 Å². The fourth-order valence-electron chi connectivity index (χ4n) is 1.80. The molecule has 1 aromatic rings. The SMILES string of the molecule is CN=C(NCc1ccc(N(C)C)c(F)c1)NCC(C)(C)OC. The van der Waals surface area contributed by atoms with Crippen LogP contribution in [0.5, 0.6) is 0 Å². The summed E-state index contributed by atoms with van der Waals surface area (Å²) in [6, 6.07) is 5.21. The van der Waals surface area contributed by atoms with Gasteiger partial charge >= 0.3 is 0 Å². The molecule has 1 aromatic carbocycles. The second-order valence-electron chi connectivity index (χ2n) is 5.92. The van der Waals surface area contributed by atoms with Crippen LogP contribution in [0.15, 0.2) is 23.2 Å². The molecule has 0 amide bonds. The van der Waals surface area contributed by atoms with Crippen molar-refractivity contribution in [3.8, 4) is 0 Å². The largest absolute Gasteiger partial charge is 0.377 e. The van der Waals surface area contributed by atoms with Crippen LogP contribution in [0.2, 0.25) is 0 Å². The summed E-state index contributed by atoms with van der Waals surface area (Å²) >= 11 is 0. The molecule has 22 heavy (non-hydrogen) atoms. The third-order valence-corrected chi connectivity index (χ3v) is 3.41. The fourth-order valence-corrected chi connectivity index (χ4v) is 1.80. The summed E-state index contributed by atoms with van der Waals surface area (Å²) in [7, 11) is 7.01. The van der Waals surface area contributed by atoms with Crippen molar-refractivity contribution < 1.29 is 9.13 Å². The van der Waals surface area contributed by atoms with Gasteiger partial charge in [0.2, 0.25) is 0 Å². The fraction of sp³-hybridized carbons (Fsp3) is 0.562. The van der Waals surface area contributed by atoms with Gasteiger partial charge in [-0.15, -0.1) is 0 Å². The van der Waals surface area contributed by atoms with Crippen molar-refractivity contribution in [2.24, 2.45) is 4.99 Å². The predicted molar refractivity (Wildman–Crippen MR) is 90.0 cm³/mol. The van der Waals surface area contributed by atoms with E-state index in [-0.39, 0.29) is 11.4 Å². The molecule has 0 spiro atoms. The van der Waals surface area contributed by atoms with E-state index in [4.69, 9.17) is 4.74 Å². The minimum absolute atomic E-state index is 0.229. The van der Waals surface area contributed by atoms with E-state index < -0.39 is 0 Å². The van der Waals surface area contributed by atoms with Crippen LogP contribution in [0, 0.1) is 5.82 Å². The number of rotatable bonds is 6. The Bertz CT molecular complexity index is 515. The molecule has 0 bridgehead atoms. The van der Waals surface area contributed by atoms with Gasteiger partial charge in [-0.2, -0.15) is 0 Å². The van der Waals surface area contributed by atoms with Gasteiger partial charge in [0.15, 0.2) is 5.96 Å². The van der Waals surface area contributed by atoms with Crippen LogP contribution >= 0.6 is 0 Å². The standard InChI is InChI=1S/C16H27FN4O/c1-16(2,22-6)11-20-15(18-3)19-10-12-7-8-14(21(4)5)13(17)9-12/h7-9H,10-11H2,1-6H3,(H2,18,19,20). The van der Waals surface area contributed by atoms with Gasteiger partial charge in [-0.1, -0.05) is 6.07 Å². The topological polar surface area (TPSA) is 48.9 Å². The van der Waals surface area contributed by atoms with Crippen molar-refractivity contribution in [1.82, 2.24) is 10.6 Å². The molecule has 6 heteroatoms. The van der Waals surface area contributed by atoms with Crippen molar-refractivity contribution in [3.05, 3.63) is 29.6 Å². The molecule has 0 aliphatic carbocycles. The zero-order valence-corrected chi connectivity index (χ0v) is 14.3. The number of nitrogens with zero attached hydrogens (tertiary/aromatic N) is 2. The second kappa shape index (κ2) is 7.98. The lowest BCUT2D eigenvalue weighted by molar-refractivity contribution is 0.0268. The third-order valence-electron chi connectivity index (χ3n) is 3.41. The van der Waals surface area contributed by atoms with Gasteiger partial charge < -0.3 is 20.3 Å². The van der Waals surface area contributed by atoms with Crippen molar-refractivity contribution in [2.45, 2.75) is 26.0 Å². The van der Waals surface area contributed by atoms with Gasteiger partial charge in [-0.05, 0) is 31.5 Å². The summed E-state index contributed by atoms with van der Waals surface area (Å²) in [6.45, 7) is 5.10. The van der Waals surface area contributed by atoms with E-state index in [1.165, 1.54) is 6.07 Å². The molecule has 0 saturated heterocycles. The van der Waals surface area contributed by atoms with E-state index in [2.05, 4.69) is 15.6 Å². The van der Waals surface area contributed by atoms with E-state index in [0.29, 0.717) is 24.7 Å². The van der Waals surface area contributed by atoms with Gasteiger partial charge in [0, 0.05) is 41.3 Å². The van der Waals surface area contributed by atoms with E-state index in [9.17, 15) is 4.39 Å². The quantitative estimate of drug-likeness (QED) is 0.623. The normalized spacial score (nSPS) is 12.2. The van der Waals surface area contributed by atoms with Crippen LogP contribution in [0.25, 0.3) is 0 Å². The molecule has 0 fully saturated rings. The third kappa shape index (κ3) is 5.52. The Morgan fingerprint density at radius 3 is 2.50 bits per heavy atom. The first kappa shape index (κ1) is 18.2. The number of ether oxygens (including phenoxy) is 1. The summed E-state index contributed by atoms with van der Waals surface area (Å²) in [4.78, 5) is 5.90. The molecular weight excluding hydrogens is 283 g/mol. The minimum atomic E-state index is -0.281. The number of benzene rings is 1. The molecule has 0 radical (unpaired) electrons.